The van der Waals surface area contributed by atoms with Crippen LogP contribution in [-0.4, -0.2) is 14.7 Å². The third-order valence-corrected chi connectivity index (χ3v) is 4.19. The van der Waals surface area contributed by atoms with E-state index < -0.39 is 6.10 Å². The number of aliphatic hydroxyl groups is 1. The van der Waals surface area contributed by atoms with Crippen molar-refractivity contribution < 1.29 is 5.11 Å². The van der Waals surface area contributed by atoms with Gasteiger partial charge in [-0.25, -0.2) is 4.98 Å². The van der Waals surface area contributed by atoms with Crippen LogP contribution in [0.1, 0.15) is 55.0 Å². The van der Waals surface area contributed by atoms with Crippen LogP contribution >= 0.6 is 0 Å². The van der Waals surface area contributed by atoms with Gasteiger partial charge in [0.2, 0.25) is 0 Å². The van der Waals surface area contributed by atoms with Gasteiger partial charge in [0.05, 0.1) is 18.2 Å². The van der Waals surface area contributed by atoms with Crippen LogP contribution in [0.25, 0.3) is 0 Å². The highest BCUT2D eigenvalue weighted by molar-refractivity contribution is 5.31. The van der Waals surface area contributed by atoms with Crippen molar-refractivity contribution in [2.75, 3.05) is 0 Å². The second-order valence-corrected chi connectivity index (χ2v) is 5.30. The highest BCUT2D eigenvalue weighted by Crippen LogP contribution is 2.36. The SMILES string of the molecule is CCn1cncc1C(O)c1ccc(C2CCC2)cc1. The lowest BCUT2D eigenvalue weighted by atomic mass is 9.80. The molecule has 1 atom stereocenters. The molecule has 0 saturated heterocycles. The Kier molecular flexibility index (Phi) is 3.38. The van der Waals surface area contributed by atoms with Crippen molar-refractivity contribution in [1.82, 2.24) is 9.55 Å². The summed E-state index contributed by atoms with van der Waals surface area (Å²) < 4.78 is 1.98. The summed E-state index contributed by atoms with van der Waals surface area (Å²) in [6, 6.07) is 8.42. The molecule has 0 amide bonds. The van der Waals surface area contributed by atoms with Crippen molar-refractivity contribution in [1.29, 1.82) is 0 Å². The second kappa shape index (κ2) is 5.17. The molecule has 3 nitrogen and oxygen atoms in total. The average molecular weight is 256 g/mol. The summed E-state index contributed by atoms with van der Waals surface area (Å²) in [5.41, 5.74) is 3.21. The van der Waals surface area contributed by atoms with Crippen LogP contribution in [0.2, 0.25) is 0 Å². The maximum atomic E-state index is 10.4. The largest absolute Gasteiger partial charge is 0.382 e. The van der Waals surface area contributed by atoms with Crippen LogP contribution in [-0.2, 0) is 6.54 Å². The molecule has 1 fully saturated rings. The highest BCUT2D eigenvalue weighted by Gasteiger charge is 2.20. The van der Waals surface area contributed by atoms with Crippen molar-refractivity contribution in [3.8, 4) is 0 Å². The van der Waals surface area contributed by atoms with Crippen LogP contribution in [0.15, 0.2) is 36.8 Å². The van der Waals surface area contributed by atoms with Gasteiger partial charge in [-0.05, 0) is 36.8 Å². The van der Waals surface area contributed by atoms with E-state index in [0.29, 0.717) is 0 Å². The summed E-state index contributed by atoms with van der Waals surface area (Å²) in [6.07, 6.45) is 6.90. The first-order valence-corrected chi connectivity index (χ1v) is 7.07. The van der Waals surface area contributed by atoms with E-state index in [2.05, 4.69) is 24.0 Å². The van der Waals surface area contributed by atoms with Gasteiger partial charge in [0, 0.05) is 6.54 Å². The first-order chi connectivity index (χ1) is 9.29. The standard InChI is InChI=1S/C16H20N2O/c1-2-18-11-17-10-15(18)16(19)14-8-6-13(7-9-14)12-4-3-5-12/h6-12,16,19H,2-5H2,1H3. The number of aliphatic hydroxyl groups excluding tert-OH is 1. The molecule has 2 aromatic rings. The number of rotatable bonds is 4. The fourth-order valence-electron chi connectivity index (χ4n) is 2.69. The summed E-state index contributed by atoms with van der Waals surface area (Å²) in [7, 11) is 0. The maximum absolute atomic E-state index is 10.4. The number of aromatic nitrogens is 2. The summed E-state index contributed by atoms with van der Waals surface area (Å²) in [5.74, 6) is 0.743. The first kappa shape index (κ1) is 12.4. The Bertz CT molecular complexity index is 540. The minimum Gasteiger partial charge on any atom is -0.382 e. The third kappa shape index (κ3) is 2.30. The van der Waals surface area contributed by atoms with E-state index in [0.717, 1.165) is 23.7 Å². The molecule has 0 spiro atoms. The van der Waals surface area contributed by atoms with Crippen molar-refractivity contribution in [2.45, 2.75) is 44.8 Å². The van der Waals surface area contributed by atoms with E-state index in [1.165, 1.54) is 24.8 Å². The summed E-state index contributed by atoms with van der Waals surface area (Å²) in [5, 5.41) is 10.4. The van der Waals surface area contributed by atoms with Crippen molar-refractivity contribution in [2.24, 2.45) is 0 Å². The van der Waals surface area contributed by atoms with Crippen LogP contribution in [0.5, 0.6) is 0 Å². The quantitative estimate of drug-likeness (QED) is 0.911. The molecule has 1 aliphatic rings. The van der Waals surface area contributed by atoms with E-state index in [1.807, 2.05) is 16.7 Å². The third-order valence-electron chi connectivity index (χ3n) is 4.19. The molecule has 1 heterocycles. The summed E-state index contributed by atoms with van der Waals surface area (Å²) >= 11 is 0. The van der Waals surface area contributed by atoms with Crippen molar-refractivity contribution in [3.05, 3.63) is 53.6 Å². The van der Waals surface area contributed by atoms with Gasteiger partial charge in [-0.1, -0.05) is 30.7 Å². The van der Waals surface area contributed by atoms with E-state index in [-0.39, 0.29) is 0 Å². The molecule has 0 bridgehead atoms. The van der Waals surface area contributed by atoms with Gasteiger partial charge in [-0.15, -0.1) is 0 Å². The number of benzene rings is 1. The lowest BCUT2D eigenvalue weighted by molar-refractivity contribution is 0.210. The van der Waals surface area contributed by atoms with Crippen LogP contribution < -0.4 is 0 Å². The Morgan fingerprint density at radius 1 is 1.32 bits per heavy atom. The van der Waals surface area contributed by atoms with E-state index >= 15 is 0 Å². The fraction of sp³-hybridized carbons (Fsp3) is 0.438. The van der Waals surface area contributed by atoms with Gasteiger partial charge in [0.25, 0.3) is 0 Å². The Labute approximate surface area is 113 Å². The highest BCUT2D eigenvalue weighted by atomic mass is 16.3. The van der Waals surface area contributed by atoms with Crippen molar-refractivity contribution in [3.63, 3.8) is 0 Å². The van der Waals surface area contributed by atoms with Gasteiger partial charge >= 0.3 is 0 Å². The second-order valence-electron chi connectivity index (χ2n) is 5.30. The molecule has 0 aliphatic heterocycles. The molecule has 3 heteroatoms. The van der Waals surface area contributed by atoms with Gasteiger partial charge in [-0.3, -0.25) is 0 Å². The molecular formula is C16H20N2O. The molecule has 100 valence electrons. The van der Waals surface area contributed by atoms with Gasteiger partial charge in [0.15, 0.2) is 0 Å². The maximum Gasteiger partial charge on any atom is 0.121 e. The smallest absolute Gasteiger partial charge is 0.121 e. The predicted octanol–water partition coefficient (Wildman–Crippen LogP) is 3.25. The molecule has 1 unspecified atom stereocenters. The molecule has 1 aromatic heterocycles. The van der Waals surface area contributed by atoms with E-state index in [9.17, 15) is 5.11 Å². The zero-order chi connectivity index (χ0) is 13.2. The molecule has 1 N–H and O–H groups in total. The number of nitrogens with zero attached hydrogens (tertiary/aromatic N) is 2. The topological polar surface area (TPSA) is 38.0 Å². The molecule has 19 heavy (non-hydrogen) atoms. The predicted molar refractivity (Wildman–Crippen MR) is 75.0 cm³/mol. The van der Waals surface area contributed by atoms with Gasteiger partial charge in [0.1, 0.15) is 6.10 Å². The molecular weight excluding hydrogens is 236 g/mol. The number of hydrogen-bond acceptors (Lipinski definition) is 2. The minimum absolute atomic E-state index is 0.585. The fourth-order valence-corrected chi connectivity index (χ4v) is 2.69. The van der Waals surface area contributed by atoms with Crippen LogP contribution in [0.3, 0.4) is 0 Å². The summed E-state index contributed by atoms with van der Waals surface area (Å²) in [6.45, 7) is 2.88. The number of aryl methyl sites for hydroxylation is 1. The Morgan fingerprint density at radius 2 is 2.05 bits per heavy atom. The molecule has 3 rings (SSSR count). The normalized spacial score (nSPS) is 17.2. The van der Waals surface area contributed by atoms with Gasteiger partial charge in [-0.2, -0.15) is 0 Å². The summed E-state index contributed by atoms with van der Waals surface area (Å²) in [4.78, 5) is 4.11. The minimum atomic E-state index is -0.585. The average Bonchev–Trinajstić information content (AvgIpc) is 2.85. The number of imidazole rings is 1. The lowest BCUT2D eigenvalue weighted by Gasteiger charge is -2.26. The van der Waals surface area contributed by atoms with Crippen molar-refractivity contribution >= 4 is 0 Å². The zero-order valence-corrected chi connectivity index (χ0v) is 11.3. The van der Waals surface area contributed by atoms with E-state index in [4.69, 9.17) is 0 Å². The first-order valence-electron chi connectivity index (χ1n) is 7.07. The van der Waals surface area contributed by atoms with Crippen LogP contribution in [0.4, 0.5) is 0 Å². The monoisotopic (exact) mass is 256 g/mol. The Balaban J connectivity index is 1.81. The molecule has 1 saturated carbocycles. The van der Waals surface area contributed by atoms with Crippen LogP contribution in [0, 0.1) is 0 Å². The molecule has 0 radical (unpaired) electrons. The van der Waals surface area contributed by atoms with E-state index in [1.54, 1.807) is 12.5 Å². The zero-order valence-electron chi connectivity index (χ0n) is 11.3. The molecule has 1 aromatic carbocycles. The Morgan fingerprint density at radius 3 is 2.63 bits per heavy atom. The Hall–Kier alpha value is -1.61. The lowest BCUT2D eigenvalue weighted by Crippen LogP contribution is -2.10. The number of hydrogen-bond donors (Lipinski definition) is 1. The molecule has 1 aliphatic carbocycles. The van der Waals surface area contributed by atoms with Gasteiger partial charge < -0.3 is 9.67 Å².